The first-order valence-electron chi connectivity index (χ1n) is 6.35. The second-order valence-electron chi connectivity index (χ2n) is 4.30. The van der Waals surface area contributed by atoms with E-state index >= 15 is 0 Å². The molecule has 0 radical (unpaired) electrons. The van der Waals surface area contributed by atoms with Crippen LogP contribution < -0.4 is 0 Å². The molecule has 0 amide bonds. The maximum atomic E-state index is 5.14. The zero-order valence-electron chi connectivity index (χ0n) is 11.1. The van der Waals surface area contributed by atoms with Crippen LogP contribution in [0.4, 0.5) is 0 Å². The van der Waals surface area contributed by atoms with E-state index in [0.29, 0.717) is 6.61 Å². The standard InChI is InChI=1S/C14H18BrN3O/c1-19-10-9-18-13(16-17-14(18)11-15)8-7-12-5-3-2-4-6-12/h2-6H,7-11H2,1H3. The van der Waals surface area contributed by atoms with Gasteiger partial charge in [-0.3, -0.25) is 0 Å². The average molecular weight is 324 g/mol. The van der Waals surface area contributed by atoms with Gasteiger partial charge in [0.05, 0.1) is 11.9 Å². The molecule has 0 saturated heterocycles. The van der Waals surface area contributed by atoms with Crippen molar-refractivity contribution < 1.29 is 4.74 Å². The van der Waals surface area contributed by atoms with E-state index in [0.717, 1.165) is 36.4 Å². The average Bonchev–Trinajstić information content (AvgIpc) is 2.86. The Kier molecular flexibility index (Phi) is 5.54. The van der Waals surface area contributed by atoms with Crippen molar-refractivity contribution in [3.8, 4) is 0 Å². The third-order valence-corrected chi connectivity index (χ3v) is 3.52. The molecule has 0 aliphatic carbocycles. The molecule has 2 rings (SSSR count). The molecule has 1 heterocycles. The predicted octanol–water partition coefficient (Wildman–Crippen LogP) is 2.60. The Hall–Kier alpha value is -1.20. The topological polar surface area (TPSA) is 39.9 Å². The van der Waals surface area contributed by atoms with Crippen molar-refractivity contribution in [1.29, 1.82) is 0 Å². The number of aromatic nitrogens is 3. The van der Waals surface area contributed by atoms with Crippen LogP contribution in [-0.4, -0.2) is 28.5 Å². The summed E-state index contributed by atoms with van der Waals surface area (Å²) in [5.41, 5.74) is 1.32. The fourth-order valence-corrected chi connectivity index (χ4v) is 2.41. The van der Waals surface area contributed by atoms with Gasteiger partial charge in [0.1, 0.15) is 11.6 Å². The van der Waals surface area contributed by atoms with E-state index in [1.807, 2.05) is 6.07 Å². The predicted molar refractivity (Wildman–Crippen MR) is 78.4 cm³/mol. The molecule has 0 N–H and O–H groups in total. The third kappa shape index (κ3) is 3.88. The summed E-state index contributed by atoms with van der Waals surface area (Å²) in [6, 6.07) is 10.4. The first-order valence-corrected chi connectivity index (χ1v) is 7.47. The molecular formula is C14H18BrN3O. The van der Waals surface area contributed by atoms with E-state index in [-0.39, 0.29) is 0 Å². The summed E-state index contributed by atoms with van der Waals surface area (Å²) in [4.78, 5) is 0. The molecule has 4 nitrogen and oxygen atoms in total. The summed E-state index contributed by atoms with van der Waals surface area (Å²) in [5.74, 6) is 1.98. The van der Waals surface area contributed by atoms with Crippen molar-refractivity contribution in [3.63, 3.8) is 0 Å². The lowest BCUT2D eigenvalue weighted by molar-refractivity contribution is 0.185. The van der Waals surface area contributed by atoms with Crippen molar-refractivity contribution in [2.45, 2.75) is 24.7 Å². The van der Waals surface area contributed by atoms with Crippen LogP contribution in [0.5, 0.6) is 0 Å². The van der Waals surface area contributed by atoms with Crippen LogP contribution in [-0.2, 0) is 29.5 Å². The number of benzene rings is 1. The molecule has 5 heteroatoms. The Morgan fingerprint density at radius 3 is 2.53 bits per heavy atom. The third-order valence-electron chi connectivity index (χ3n) is 3.02. The van der Waals surface area contributed by atoms with E-state index in [4.69, 9.17) is 4.74 Å². The highest BCUT2D eigenvalue weighted by Gasteiger charge is 2.10. The molecule has 0 spiro atoms. The summed E-state index contributed by atoms with van der Waals surface area (Å²) in [6.07, 6.45) is 1.88. The van der Waals surface area contributed by atoms with Crippen LogP contribution in [0.1, 0.15) is 17.2 Å². The second kappa shape index (κ2) is 7.40. The number of methoxy groups -OCH3 is 1. The lowest BCUT2D eigenvalue weighted by Gasteiger charge is -2.08. The largest absolute Gasteiger partial charge is 0.383 e. The van der Waals surface area contributed by atoms with Gasteiger partial charge in [-0.15, -0.1) is 10.2 Å². The van der Waals surface area contributed by atoms with Crippen LogP contribution in [0.15, 0.2) is 30.3 Å². The van der Waals surface area contributed by atoms with Crippen molar-refractivity contribution in [2.24, 2.45) is 0 Å². The number of halogens is 1. The molecular weight excluding hydrogens is 306 g/mol. The molecule has 1 aromatic carbocycles. The molecule has 0 bridgehead atoms. The van der Waals surface area contributed by atoms with Crippen LogP contribution in [0.3, 0.4) is 0 Å². The SMILES string of the molecule is COCCn1c(CBr)nnc1CCc1ccccc1. The van der Waals surface area contributed by atoms with Crippen LogP contribution >= 0.6 is 15.9 Å². The number of aryl methyl sites for hydroxylation is 2. The van der Waals surface area contributed by atoms with E-state index in [2.05, 4.69) is 55.0 Å². The Morgan fingerprint density at radius 2 is 1.84 bits per heavy atom. The molecule has 19 heavy (non-hydrogen) atoms. The van der Waals surface area contributed by atoms with Crippen LogP contribution in [0.25, 0.3) is 0 Å². The zero-order valence-corrected chi connectivity index (χ0v) is 12.6. The van der Waals surface area contributed by atoms with E-state index < -0.39 is 0 Å². The van der Waals surface area contributed by atoms with E-state index in [9.17, 15) is 0 Å². The molecule has 2 aromatic rings. The highest BCUT2D eigenvalue weighted by molar-refractivity contribution is 9.08. The quantitative estimate of drug-likeness (QED) is 0.735. The molecule has 0 fully saturated rings. The minimum atomic E-state index is 0.677. The smallest absolute Gasteiger partial charge is 0.143 e. The van der Waals surface area contributed by atoms with Crippen molar-refractivity contribution in [1.82, 2.24) is 14.8 Å². The Bertz CT molecular complexity index is 499. The van der Waals surface area contributed by atoms with Crippen molar-refractivity contribution in [3.05, 3.63) is 47.5 Å². The minimum absolute atomic E-state index is 0.677. The molecule has 0 aliphatic rings. The van der Waals surface area contributed by atoms with Gasteiger partial charge >= 0.3 is 0 Å². The number of rotatable bonds is 7. The summed E-state index contributed by atoms with van der Waals surface area (Å²) in [6.45, 7) is 1.48. The number of nitrogens with zero attached hydrogens (tertiary/aromatic N) is 3. The van der Waals surface area contributed by atoms with Gasteiger partial charge in [-0.05, 0) is 12.0 Å². The van der Waals surface area contributed by atoms with Gasteiger partial charge in [0.15, 0.2) is 0 Å². The number of hydrogen-bond acceptors (Lipinski definition) is 3. The van der Waals surface area contributed by atoms with E-state index in [1.165, 1.54) is 5.56 Å². The van der Waals surface area contributed by atoms with Crippen LogP contribution in [0.2, 0.25) is 0 Å². The number of ether oxygens (including phenoxy) is 1. The van der Waals surface area contributed by atoms with Gasteiger partial charge in [-0.25, -0.2) is 0 Å². The lowest BCUT2D eigenvalue weighted by atomic mass is 10.1. The molecule has 0 unspecified atom stereocenters. The lowest BCUT2D eigenvalue weighted by Crippen LogP contribution is -2.11. The fraction of sp³-hybridized carbons (Fsp3) is 0.429. The van der Waals surface area contributed by atoms with Gasteiger partial charge in [-0.1, -0.05) is 46.3 Å². The molecule has 0 aliphatic heterocycles. The molecule has 0 saturated carbocycles. The Labute approximate surface area is 121 Å². The summed E-state index contributed by atoms with van der Waals surface area (Å²) in [5, 5.41) is 9.21. The first-order chi connectivity index (χ1) is 9.35. The maximum Gasteiger partial charge on any atom is 0.143 e. The van der Waals surface area contributed by atoms with Gasteiger partial charge in [-0.2, -0.15) is 0 Å². The van der Waals surface area contributed by atoms with Gasteiger partial charge in [0.25, 0.3) is 0 Å². The minimum Gasteiger partial charge on any atom is -0.383 e. The summed E-state index contributed by atoms with van der Waals surface area (Å²) < 4.78 is 7.28. The molecule has 102 valence electrons. The van der Waals surface area contributed by atoms with Gasteiger partial charge < -0.3 is 9.30 Å². The van der Waals surface area contributed by atoms with Crippen LogP contribution in [0, 0.1) is 0 Å². The highest BCUT2D eigenvalue weighted by atomic mass is 79.9. The number of hydrogen-bond donors (Lipinski definition) is 0. The number of alkyl halides is 1. The monoisotopic (exact) mass is 323 g/mol. The summed E-state index contributed by atoms with van der Waals surface area (Å²) in [7, 11) is 1.71. The summed E-state index contributed by atoms with van der Waals surface area (Å²) >= 11 is 3.45. The zero-order chi connectivity index (χ0) is 13.5. The molecule has 0 atom stereocenters. The Morgan fingerprint density at radius 1 is 1.11 bits per heavy atom. The highest BCUT2D eigenvalue weighted by Crippen LogP contribution is 2.10. The normalized spacial score (nSPS) is 10.8. The van der Waals surface area contributed by atoms with Gasteiger partial charge in [0.2, 0.25) is 0 Å². The Balaban J connectivity index is 2.05. The van der Waals surface area contributed by atoms with Crippen molar-refractivity contribution >= 4 is 15.9 Å². The van der Waals surface area contributed by atoms with Crippen molar-refractivity contribution in [2.75, 3.05) is 13.7 Å². The first kappa shape index (κ1) is 14.2. The second-order valence-corrected chi connectivity index (χ2v) is 4.86. The van der Waals surface area contributed by atoms with E-state index in [1.54, 1.807) is 7.11 Å². The van der Waals surface area contributed by atoms with Gasteiger partial charge in [0, 0.05) is 20.1 Å². The maximum absolute atomic E-state index is 5.14. The fourth-order valence-electron chi connectivity index (χ4n) is 2.00. The molecule has 1 aromatic heterocycles.